The first-order chi connectivity index (χ1) is 17.7. The number of nitrogens with one attached hydrogen (secondary N) is 2. The monoisotopic (exact) mass is 532 g/mol. The van der Waals surface area contributed by atoms with Gasteiger partial charge in [-0.15, -0.1) is 11.3 Å². The normalized spacial score (nSPS) is 24.6. The second kappa shape index (κ2) is 10.3. The third-order valence-corrected chi connectivity index (χ3v) is 8.72. The van der Waals surface area contributed by atoms with Gasteiger partial charge in [-0.3, -0.25) is 5.43 Å². The maximum atomic E-state index is 6.71. The molecular formula is C29H26Cl2N4S. The Morgan fingerprint density at radius 3 is 2.00 bits per heavy atom. The minimum absolute atomic E-state index is 0.0493. The molecule has 1 aliphatic carbocycles. The van der Waals surface area contributed by atoms with Gasteiger partial charge in [0.2, 0.25) is 5.13 Å². The van der Waals surface area contributed by atoms with Gasteiger partial charge in [0.15, 0.2) is 0 Å². The van der Waals surface area contributed by atoms with Crippen LogP contribution in [0.3, 0.4) is 0 Å². The molecule has 0 radical (unpaired) electrons. The number of hydrogen-bond donors (Lipinski definition) is 2. The van der Waals surface area contributed by atoms with E-state index in [2.05, 4.69) is 52.5 Å². The molecule has 4 nitrogen and oxygen atoms in total. The smallest absolute Gasteiger partial charge is 0.203 e. The zero-order chi connectivity index (χ0) is 24.5. The van der Waals surface area contributed by atoms with Crippen LogP contribution in [0, 0.1) is 11.8 Å². The molecule has 3 aromatic carbocycles. The van der Waals surface area contributed by atoms with E-state index in [1.807, 2.05) is 42.5 Å². The number of nitrogens with zero attached hydrogens (tertiary/aromatic N) is 2. The second-order valence-corrected chi connectivity index (χ2v) is 11.0. The standard InChI is InChI=1S/C29H26Cl2N4S/c30-23-15-6-4-11-19(23)26-21-13-8-14-22(27(33-26)20-12-5-7-16-24(20)31)28(21)34-35-29-32-25(17-36-29)18-9-2-1-3-10-18/h1-7,9-12,15-17,21-22,26-27,33H,8,13-14H2,(H,32,35)/t21?,22?,26-,27+. The average Bonchev–Trinajstić information content (AvgIpc) is 3.38. The van der Waals surface area contributed by atoms with E-state index in [9.17, 15) is 0 Å². The minimum Gasteiger partial charge on any atom is -0.302 e. The molecule has 2 aliphatic rings. The van der Waals surface area contributed by atoms with E-state index in [1.165, 1.54) is 5.71 Å². The Morgan fingerprint density at radius 1 is 0.806 bits per heavy atom. The number of rotatable bonds is 5. The first-order valence-electron chi connectivity index (χ1n) is 12.3. The summed E-state index contributed by atoms with van der Waals surface area (Å²) in [5.74, 6) is 0.479. The van der Waals surface area contributed by atoms with Crippen LogP contribution in [-0.4, -0.2) is 10.7 Å². The quantitative estimate of drug-likeness (QED) is 0.253. The molecule has 1 saturated heterocycles. The van der Waals surface area contributed by atoms with Crippen molar-refractivity contribution in [1.82, 2.24) is 10.3 Å². The summed E-state index contributed by atoms with van der Waals surface area (Å²) in [6, 6.07) is 26.6. The first kappa shape index (κ1) is 23.7. The van der Waals surface area contributed by atoms with Crippen LogP contribution in [0.1, 0.15) is 42.5 Å². The van der Waals surface area contributed by atoms with Crippen LogP contribution in [0.2, 0.25) is 10.0 Å². The average molecular weight is 534 g/mol. The SMILES string of the molecule is Clc1ccccc1[C@H]1N[C@@H](c2ccccc2Cl)C2CCCC1C2=NNc1nc(-c2ccccc2)cs1. The zero-order valence-electron chi connectivity index (χ0n) is 19.6. The third kappa shape index (κ3) is 4.57. The van der Waals surface area contributed by atoms with Gasteiger partial charge in [0.25, 0.3) is 0 Å². The molecule has 7 heteroatoms. The summed E-state index contributed by atoms with van der Waals surface area (Å²) in [5, 5.41) is 13.4. The number of anilines is 1. The van der Waals surface area contributed by atoms with E-state index in [1.54, 1.807) is 11.3 Å². The van der Waals surface area contributed by atoms with Crippen LogP contribution in [0.25, 0.3) is 11.3 Å². The van der Waals surface area contributed by atoms with Gasteiger partial charge in [-0.05, 0) is 36.1 Å². The molecule has 1 aliphatic heterocycles. The Morgan fingerprint density at radius 2 is 1.39 bits per heavy atom. The molecule has 2 heterocycles. The van der Waals surface area contributed by atoms with Crippen LogP contribution >= 0.6 is 34.5 Å². The first-order valence-corrected chi connectivity index (χ1v) is 13.9. The summed E-state index contributed by atoms with van der Waals surface area (Å²) in [4.78, 5) is 4.78. The molecule has 4 atom stereocenters. The number of halogens is 2. The molecule has 2 bridgehead atoms. The number of fused-ring (bicyclic) bond motifs is 2. The molecule has 1 aromatic heterocycles. The van der Waals surface area contributed by atoms with Gasteiger partial charge in [-0.25, -0.2) is 4.98 Å². The van der Waals surface area contributed by atoms with Gasteiger partial charge in [0, 0.05) is 50.6 Å². The van der Waals surface area contributed by atoms with E-state index < -0.39 is 0 Å². The van der Waals surface area contributed by atoms with Crippen LogP contribution in [-0.2, 0) is 0 Å². The molecule has 2 unspecified atom stereocenters. The molecule has 1 saturated carbocycles. The van der Waals surface area contributed by atoms with Gasteiger partial charge in [0.1, 0.15) is 0 Å². The molecule has 0 spiro atoms. The summed E-state index contributed by atoms with van der Waals surface area (Å²) in [5.41, 5.74) is 8.75. The fourth-order valence-electron chi connectivity index (χ4n) is 5.64. The summed E-state index contributed by atoms with van der Waals surface area (Å²) >= 11 is 15.0. The van der Waals surface area contributed by atoms with E-state index >= 15 is 0 Å². The highest BCUT2D eigenvalue weighted by molar-refractivity contribution is 7.14. The number of thiazole rings is 1. The van der Waals surface area contributed by atoms with Gasteiger partial charge in [-0.2, -0.15) is 5.10 Å². The van der Waals surface area contributed by atoms with Crippen molar-refractivity contribution in [2.45, 2.75) is 31.3 Å². The van der Waals surface area contributed by atoms with Crippen molar-refractivity contribution in [3.05, 3.63) is 105 Å². The Bertz CT molecular complexity index is 1330. The van der Waals surface area contributed by atoms with E-state index in [-0.39, 0.29) is 23.9 Å². The second-order valence-electron chi connectivity index (χ2n) is 9.36. The predicted octanol–water partition coefficient (Wildman–Crippen LogP) is 8.39. The van der Waals surface area contributed by atoms with Gasteiger partial charge in [0.05, 0.1) is 5.69 Å². The fraction of sp³-hybridized carbons (Fsp3) is 0.241. The van der Waals surface area contributed by atoms with Crippen molar-refractivity contribution >= 4 is 45.4 Å². The summed E-state index contributed by atoms with van der Waals surface area (Å²) in [6.45, 7) is 0. The van der Waals surface area contributed by atoms with Crippen molar-refractivity contribution < 1.29 is 0 Å². The maximum absolute atomic E-state index is 6.71. The molecule has 2 N–H and O–H groups in total. The molecule has 4 aromatic rings. The molecule has 2 fully saturated rings. The number of hydrazone groups is 1. The molecule has 0 amide bonds. The zero-order valence-corrected chi connectivity index (χ0v) is 21.9. The highest BCUT2D eigenvalue weighted by Crippen LogP contribution is 2.48. The topological polar surface area (TPSA) is 49.3 Å². The number of aromatic nitrogens is 1. The lowest BCUT2D eigenvalue weighted by Crippen LogP contribution is -2.51. The Balaban J connectivity index is 1.37. The lowest BCUT2D eigenvalue weighted by Gasteiger charge is -2.47. The van der Waals surface area contributed by atoms with Gasteiger partial charge in [-0.1, -0.05) is 96.4 Å². The number of hydrogen-bond acceptors (Lipinski definition) is 5. The van der Waals surface area contributed by atoms with Crippen LogP contribution in [0.15, 0.2) is 89.3 Å². The highest BCUT2D eigenvalue weighted by atomic mass is 35.5. The van der Waals surface area contributed by atoms with Crippen molar-refractivity contribution in [2.24, 2.45) is 16.9 Å². The fourth-order valence-corrected chi connectivity index (χ4v) is 6.81. The van der Waals surface area contributed by atoms with E-state index in [4.69, 9.17) is 33.3 Å². The molecule has 6 rings (SSSR count). The van der Waals surface area contributed by atoms with E-state index in [0.29, 0.717) is 0 Å². The Labute approximate surface area is 225 Å². The van der Waals surface area contributed by atoms with Crippen LogP contribution in [0.4, 0.5) is 5.13 Å². The van der Waals surface area contributed by atoms with Crippen molar-refractivity contribution in [1.29, 1.82) is 0 Å². The van der Waals surface area contributed by atoms with Gasteiger partial charge >= 0.3 is 0 Å². The van der Waals surface area contributed by atoms with Crippen molar-refractivity contribution in [2.75, 3.05) is 5.43 Å². The van der Waals surface area contributed by atoms with Crippen molar-refractivity contribution in [3.63, 3.8) is 0 Å². The summed E-state index contributed by atoms with van der Waals surface area (Å²) < 4.78 is 0. The van der Waals surface area contributed by atoms with Crippen LogP contribution in [0.5, 0.6) is 0 Å². The lowest BCUT2D eigenvalue weighted by molar-refractivity contribution is 0.233. The predicted molar refractivity (Wildman–Crippen MR) is 151 cm³/mol. The minimum atomic E-state index is 0.0493. The Hall–Kier alpha value is -2.70. The Kier molecular flexibility index (Phi) is 6.81. The largest absolute Gasteiger partial charge is 0.302 e. The molecular weight excluding hydrogens is 507 g/mol. The maximum Gasteiger partial charge on any atom is 0.203 e. The summed E-state index contributed by atoms with van der Waals surface area (Å²) in [7, 11) is 0. The number of benzene rings is 3. The van der Waals surface area contributed by atoms with E-state index in [0.717, 1.165) is 56.8 Å². The number of piperidine rings is 1. The van der Waals surface area contributed by atoms with Gasteiger partial charge < -0.3 is 5.32 Å². The highest BCUT2D eigenvalue weighted by Gasteiger charge is 2.46. The third-order valence-electron chi connectivity index (χ3n) is 7.29. The van der Waals surface area contributed by atoms with Crippen LogP contribution < -0.4 is 10.7 Å². The summed E-state index contributed by atoms with van der Waals surface area (Å²) in [6.07, 6.45) is 3.26. The molecule has 182 valence electrons. The van der Waals surface area contributed by atoms with Crippen molar-refractivity contribution in [3.8, 4) is 11.3 Å². The molecule has 36 heavy (non-hydrogen) atoms. The lowest BCUT2D eigenvalue weighted by atomic mass is 9.67.